The van der Waals surface area contributed by atoms with Gasteiger partial charge in [0.05, 0.1) is 18.7 Å². The number of anilines is 1. The summed E-state index contributed by atoms with van der Waals surface area (Å²) in [5, 5.41) is 21.8. The van der Waals surface area contributed by atoms with Gasteiger partial charge in [0.2, 0.25) is 5.69 Å². The van der Waals surface area contributed by atoms with Crippen LogP contribution in [0, 0.1) is 5.21 Å². The molecule has 1 aliphatic heterocycles. The van der Waals surface area contributed by atoms with Gasteiger partial charge in [-0.3, -0.25) is 0 Å². The van der Waals surface area contributed by atoms with Crippen molar-refractivity contribution in [1.29, 1.82) is 0 Å². The minimum absolute atomic E-state index is 0.358. The largest absolute Gasteiger partial charge is 0.619 e. The first-order valence-corrected chi connectivity index (χ1v) is 8.06. The third-order valence-electron chi connectivity index (χ3n) is 4.40. The van der Waals surface area contributed by atoms with Gasteiger partial charge in [-0.2, -0.15) is 9.47 Å². The van der Waals surface area contributed by atoms with Crippen LogP contribution in [0.25, 0.3) is 22.4 Å². The predicted octanol–water partition coefficient (Wildman–Crippen LogP) is 2.62. The Balaban J connectivity index is 1.69. The van der Waals surface area contributed by atoms with Crippen LogP contribution >= 0.6 is 0 Å². The van der Waals surface area contributed by atoms with E-state index in [1.54, 1.807) is 18.2 Å². The van der Waals surface area contributed by atoms with Crippen LogP contribution in [-0.2, 0) is 4.74 Å². The smallest absolute Gasteiger partial charge is 0.218 e. The molecule has 0 spiro atoms. The number of aromatic nitrogens is 2. The molecule has 0 atom stereocenters. The number of imidazole rings is 1. The van der Waals surface area contributed by atoms with E-state index in [4.69, 9.17) is 4.74 Å². The van der Waals surface area contributed by atoms with Gasteiger partial charge in [0.1, 0.15) is 12.2 Å². The third-order valence-corrected chi connectivity index (χ3v) is 4.40. The summed E-state index contributed by atoms with van der Waals surface area (Å²) in [5.74, 6) is 0.433. The van der Waals surface area contributed by atoms with E-state index >= 15 is 0 Å². The first-order chi connectivity index (χ1) is 12.1. The van der Waals surface area contributed by atoms with Crippen LogP contribution < -0.4 is 4.90 Å². The number of benzene rings is 2. The highest BCUT2D eigenvalue weighted by molar-refractivity contribution is 5.82. The van der Waals surface area contributed by atoms with Crippen LogP contribution in [0.1, 0.15) is 0 Å². The fourth-order valence-electron chi connectivity index (χ4n) is 3.04. The van der Waals surface area contributed by atoms with Crippen molar-refractivity contribution in [1.82, 2.24) is 9.71 Å². The van der Waals surface area contributed by atoms with E-state index in [2.05, 4.69) is 16.6 Å². The molecule has 1 N–H and O–H groups in total. The molecule has 1 saturated heterocycles. The average molecular weight is 338 g/mol. The lowest BCUT2D eigenvalue weighted by Gasteiger charge is -2.28. The van der Waals surface area contributed by atoms with Gasteiger partial charge in [-0.1, -0.05) is 0 Å². The number of ether oxygens (including phenoxy) is 1. The van der Waals surface area contributed by atoms with Gasteiger partial charge in [-0.05, 0) is 30.3 Å². The molecule has 0 aliphatic carbocycles. The van der Waals surface area contributed by atoms with Crippen molar-refractivity contribution in [3.05, 3.63) is 47.7 Å². The molecule has 4 rings (SSSR count). The predicted molar refractivity (Wildman–Crippen MR) is 95.8 cm³/mol. The maximum Gasteiger partial charge on any atom is 0.218 e. The van der Waals surface area contributed by atoms with Gasteiger partial charge >= 0.3 is 0 Å². The van der Waals surface area contributed by atoms with Crippen LogP contribution in [0.4, 0.5) is 11.4 Å². The van der Waals surface area contributed by atoms with Crippen LogP contribution in [-0.4, -0.2) is 52.7 Å². The Morgan fingerprint density at radius 1 is 1.12 bits per heavy atom. The van der Waals surface area contributed by atoms with Crippen molar-refractivity contribution in [3.8, 4) is 11.4 Å². The Morgan fingerprint density at radius 3 is 2.52 bits per heavy atom. The molecular weight excluding hydrogens is 320 g/mol. The first kappa shape index (κ1) is 15.5. The van der Waals surface area contributed by atoms with E-state index in [0.717, 1.165) is 42.3 Å². The molecule has 2 aromatic carbocycles. The SMILES string of the molecule is C=[N+]([O-])c1ccc2nc(-c3ccc(N4CCOCC4)cc3)n(O)c2c1. The molecule has 7 heteroatoms. The molecular formula is C18H18N4O3. The standard InChI is InChI=1S/C18H18N4O3/c1-20(23)15-6-7-16-17(12-15)22(24)18(19-16)13-2-4-14(5-3-13)21-8-10-25-11-9-21/h2-7,12,24H,1,8-11H2. The van der Waals surface area contributed by atoms with E-state index in [1.807, 2.05) is 24.3 Å². The number of morpholine rings is 1. The van der Waals surface area contributed by atoms with Gasteiger partial charge in [-0.25, -0.2) is 4.98 Å². The Kier molecular flexibility index (Phi) is 3.77. The van der Waals surface area contributed by atoms with E-state index in [9.17, 15) is 10.4 Å². The Morgan fingerprint density at radius 2 is 1.84 bits per heavy atom. The quantitative estimate of drug-likeness (QED) is 0.261. The molecule has 25 heavy (non-hydrogen) atoms. The van der Waals surface area contributed by atoms with Crippen molar-refractivity contribution in [2.24, 2.45) is 0 Å². The third kappa shape index (κ3) is 2.78. The zero-order valence-electron chi connectivity index (χ0n) is 13.6. The van der Waals surface area contributed by atoms with Gasteiger partial charge < -0.3 is 20.1 Å². The molecule has 7 nitrogen and oxygen atoms in total. The van der Waals surface area contributed by atoms with Gasteiger partial charge in [0.15, 0.2) is 5.82 Å². The van der Waals surface area contributed by atoms with Crippen molar-refractivity contribution in [2.75, 3.05) is 31.2 Å². The highest BCUT2D eigenvalue weighted by Gasteiger charge is 2.15. The van der Waals surface area contributed by atoms with E-state index in [-0.39, 0.29) is 0 Å². The highest BCUT2D eigenvalue weighted by Crippen LogP contribution is 2.28. The van der Waals surface area contributed by atoms with Crippen molar-refractivity contribution < 1.29 is 14.7 Å². The second-order valence-electron chi connectivity index (χ2n) is 5.95. The number of hydrogen-bond donors (Lipinski definition) is 1. The van der Waals surface area contributed by atoms with Crippen LogP contribution in [0.3, 0.4) is 0 Å². The Bertz CT molecular complexity index is 927. The van der Waals surface area contributed by atoms with Gasteiger partial charge in [0, 0.05) is 36.5 Å². The second-order valence-corrected chi connectivity index (χ2v) is 5.95. The van der Waals surface area contributed by atoms with E-state index in [0.29, 0.717) is 27.3 Å². The lowest BCUT2D eigenvalue weighted by Crippen LogP contribution is -2.36. The summed E-state index contributed by atoms with van der Waals surface area (Å²) in [4.78, 5) is 6.73. The molecule has 3 aromatic rings. The fraction of sp³-hybridized carbons (Fsp3) is 0.222. The minimum Gasteiger partial charge on any atom is -0.619 e. The molecule has 0 radical (unpaired) electrons. The molecule has 1 aromatic heterocycles. The van der Waals surface area contributed by atoms with Crippen LogP contribution in [0.5, 0.6) is 0 Å². The highest BCUT2D eigenvalue weighted by atomic mass is 16.5. The molecule has 128 valence electrons. The fourth-order valence-corrected chi connectivity index (χ4v) is 3.04. The zero-order chi connectivity index (χ0) is 17.4. The van der Waals surface area contributed by atoms with Gasteiger partial charge in [-0.15, -0.1) is 0 Å². The summed E-state index contributed by atoms with van der Waals surface area (Å²) in [6.07, 6.45) is 0. The summed E-state index contributed by atoms with van der Waals surface area (Å²) in [6, 6.07) is 12.8. The van der Waals surface area contributed by atoms with Crippen LogP contribution in [0.15, 0.2) is 42.5 Å². The molecule has 1 fully saturated rings. The van der Waals surface area contributed by atoms with Gasteiger partial charge in [0.25, 0.3) is 0 Å². The summed E-state index contributed by atoms with van der Waals surface area (Å²) in [6.45, 7) is 6.53. The van der Waals surface area contributed by atoms with Crippen molar-refractivity contribution in [3.63, 3.8) is 0 Å². The lowest BCUT2D eigenvalue weighted by molar-refractivity contribution is -0.349. The van der Waals surface area contributed by atoms with E-state index in [1.165, 1.54) is 0 Å². The Hall–Kier alpha value is -3.06. The van der Waals surface area contributed by atoms with Crippen LogP contribution in [0.2, 0.25) is 0 Å². The maximum atomic E-state index is 11.3. The van der Waals surface area contributed by atoms with E-state index < -0.39 is 0 Å². The summed E-state index contributed by atoms with van der Waals surface area (Å²) >= 11 is 0. The van der Waals surface area contributed by atoms with Crippen molar-refractivity contribution in [2.45, 2.75) is 0 Å². The van der Waals surface area contributed by atoms with Crippen molar-refractivity contribution >= 4 is 29.1 Å². The summed E-state index contributed by atoms with van der Waals surface area (Å²) in [7, 11) is 0. The number of hydrogen-bond acceptors (Lipinski definition) is 5. The first-order valence-electron chi connectivity index (χ1n) is 8.06. The second kappa shape index (κ2) is 6.10. The monoisotopic (exact) mass is 338 g/mol. The summed E-state index contributed by atoms with van der Waals surface area (Å²) < 4.78 is 6.88. The minimum atomic E-state index is 0.358. The molecule has 1 aliphatic rings. The molecule has 0 amide bonds. The lowest BCUT2D eigenvalue weighted by atomic mass is 10.2. The number of nitrogens with zero attached hydrogens (tertiary/aromatic N) is 4. The molecule has 2 heterocycles. The summed E-state index contributed by atoms with van der Waals surface area (Å²) in [5.41, 5.74) is 3.35. The average Bonchev–Trinajstić information content (AvgIpc) is 2.99. The Labute approximate surface area is 144 Å². The molecule has 0 bridgehead atoms. The molecule has 0 unspecified atom stereocenters. The topological polar surface area (TPSA) is 76.6 Å². The normalized spacial score (nSPS) is 14.8. The molecule has 0 saturated carbocycles. The zero-order valence-corrected chi connectivity index (χ0v) is 13.6. The number of fused-ring (bicyclic) bond motifs is 1. The number of rotatable bonds is 3. The maximum absolute atomic E-state index is 11.3.